The predicted molar refractivity (Wildman–Crippen MR) is 132 cm³/mol. The van der Waals surface area contributed by atoms with Crippen molar-refractivity contribution in [3.05, 3.63) is 98.0 Å². The van der Waals surface area contributed by atoms with Crippen LogP contribution in [0.2, 0.25) is 15.1 Å². The average molecular weight is 516 g/mol. The van der Waals surface area contributed by atoms with Gasteiger partial charge in [-0.05, 0) is 65.7 Å². The van der Waals surface area contributed by atoms with Crippen molar-refractivity contribution in [2.75, 3.05) is 12.4 Å². The summed E-state index contributed by atoms with van der Waals surface area (Å²) >= 11 is 18.2. The highest BCUT2D eigenvalue weighted by Gasteiger charge is 2.12. The quantitative estimate of drug-likeness (QED) is 0.219. The summed E-state index contributed by atoms with van der Waals surface area (Å²) in [5.41, 5.74) is 1.99. The SMILES string of the molecule is COC(=O)c1ccc(NC(=O)/C(C#N)=C/c2ccc(OCc3ccc(Cl)c(Cl)c3)c(Cl)c2)cc1. The first-order valence-electron chi connectivity index (χ1n) is 9.78. The van der Waals surface area contributed by atoms with Crippen LogP contribution in [0, 0.1) is 11.3 Å². The number of methoxy groups -OCH3 is 1. The van der Waals surface area contributed by atoms with Gasteiger partial charge in [0.05, 0.1) is 27.7 Å². The maximum absolute atomic E-state index is 12.5. The van der Waals surface area contributed by atoms with E-state index < -0.39 is 11.9 Å². The smallest absolute Gasteiger partial charge is 0.337 e. The summed E-state index contributed by atoms with van der Waals surface area (Å²) < 4.78 is 10.4. The zero-order valence-electron chi connectivity index (χ0n) is 17.8. The molecule has 3 rings (SSSR count). The molecule has 0 aliphatic carbocycles. The number of esters is 1. The van der Waals surface area contributed by atoms with E-state index in [0.717, 1.165) is 5.56 Å². The van der Waals surface area contributed by atoms with E-state index >= 15 is 0 Å². The minimum Gasteiger partial charge on any atom is -0.487 e. The van der Waals surface area contributed by atoms with E-state index in [4.69, 9.17) is 39.5 Å². The van der Waals surface area contributed by atoms with Gasteiger partial charge < -0.3 is 14.8 Å². The van der Waals surface area contributed by atoms with Crippen molar-refractivity contribution in [2.45, 2.75) is 6.61 Å². The number of hydrogen-bond donors (Lipinski definition) is 1. The molecule has 0 heterocycles. The van der Waals surface area contributed by atoms with Crippen LogP contribution in [-0.4, -0.2) is 19.0 Å². The Balaban J connectivity index is 1.68. The number of nitrogens with zero attached hydrogens (tertiary/aromatic N) is 1. The van der Waals surface area contributed by atoms with E-state index in [2.05, 4.69) is 10.1 Å². The van der Waals surface area contributed by atoms with Crippen LogP contribution in [0.15, 0.2) is 66.2 Å². The Morgan fingerprint density at radius 3 is 2.32 bits per heavy atom. The molecule has 0 aromatic heterocycles. The Bertz CT molecular complexity index is 1300. The average Bonchev–Trinajstić information content (AvgIpc) is 2.84. The molecule has 1 N–H and O–H groups in total. The van der Waals surface area contributed by atoms with Crippen molar-refractivity contribution in [3.63, 3.8) is 0 Å². The summed E-state index contributed by atoms with van der Waals surface area (Å²) in [6, 6.07) is 18.0. The van der Waals surface area contributed by atoms with Crippen molar-refractivity contribution in [2.24, 2.45) is 0 Å². The first-order valence-corrected chi connectivity index (χ1v) is 10.9. The normalized spacial score (nSPS) is 10.9. The van der Waals surface area contributed by atoms with Crippen LogP contribution in [0.25, 0.3) is 6.08 Å². The molecule has 6 nitrogen and oxygen atoms in total. The van der Waals surface area contributed by atoms with Crippen molar-refractivity contribution in [1.82, 2.24) is 0 Å². The Hall–Kier alpha value is -3.50. The number of carbonyl (C=O) groups excluding carboxylic acids is 2. The predicted octanol–water partition coefficient (Wildman–Crippen LogP) is 6.56. The van der Waals surface area contributed by atoms with Gasteiger partial charge in [0.15, 0.2) is 0 Å². The molecule has 0 unspecified atom stereocenters. The lowest BCUT2D eigenvalue weighted by molar-refractivity contribution is -0.112. The van der Waals surface area contributed by atoms with Crippen molar-refractivity contribution < 1.29 is 19.1 Å². The lowest BCUT2D eigenvalue weighted by Gasteiger charge is -2.10. The second kappa shape index (κ2) is 11.6. The molecule has 0 aliphatic heterocycles. The summed E-state index contributed by atoms with van der Waals surface area (Å²) in [4.78, 5) is 24.0. The Morgan fingerprint density at radius 1 is 0.971 bits per heavy atom. The number of ether oxygens (including phenoxy) is 2. The molecule has 172 valence electrons. The molecule has 0 spiro atoms. The molecule has 3 aromatic rings. The highest BCUT2D eigenvalue weighted by atomic mass is 35.5. The topological polar surface area (TPSA) is 88.4 Å². The summed E-state index contributed by atoms with van der Waals surface area (Å²) in [7, 11) is 1.28. The minimum atomic E-state index is -0.607. The van der Waals surface area contributed by atoms with Crippen molar-refractivity contribution in [3.8, 4) is 11.8 Å². The number of rotatable bonds is 7. The van der Waals surface area contributed by atoms with Gasteiger partial charge >= 0.3 is 5.97 Å². The van der Waals surface area contributed by atoms with Crippen LogP contribution in [0.3, 0.4) is 0 Å². The summed E-state index contributed by atoms with van der Waals surface area (Å²) in [6.07, 6.45) is 1.41. The van der Waals surface area contributed by atoms with Crippen molar-refractivity contribution >= 4 is 58.4 Å². The Morgan fingerprint density at radius 2 is 1.71 bits per heavy atom. The molecule has 0 saturated heterocycles. The number of nitriles is 1. The monoisotopic (exact) mass is 514 g/mol. The molecule has 0 saturated carbocycles. The zero-order valence-corrected chi connectivity index (χ0v) is 20.0. The molecule has 34 heavy (non-hydrogen) atoms. The largest absolute Gasteiger partial charge is 0.487 e. The Labute approximate surface area is 211 Å². The molecule has 0 aliphatic rings. The van der Waals surface area contributed by atoms with E-state index in [0.29, 0.717) is 37.6 Å². The van der Waals surface area contributed by atoms with Gasteiger partial charge in [0.2, 0.25) is 0 Å². The number of benzene rings is 3. The Kier molecular flexibility index (Phi) is 8.55. The van der Waals surface area contributed by atoms with Gasteiger partial charge in [0.25, 0.3) is 5.91 Å². The first kappa shape index (κ1) is 25.1. The fourth-order valence-corrected chi connectivity index (χ4v) is 3.40. The van der Waals surface area contributed by atoms with Crippen LogP contribution in [0.1, 0.15) is 21.5 Å². The van der Waals surface area contributed by atoms with E-state index in [9.17, 15) is 14.9 Å². The molecule has 0 radical (unpaired) electrons. The molecule has 3 aromatic carbocycles. The van der Waals surface area contributed by atoms with Gasteiger partial charge in [-0.3, -0.25) is 4.79 Å². The van der Waals surface area contributed by atoms with E-state index in [1.54, 1.807) is 36.4 Å². The second-order valence-electron chi connectivity index (χ2n) is 6.92. The number of carbonyl (C=O) groups is 2. The van der Waals surface area contributed by atoms with Crippen LogP contribution in [-0.2, 0) is 16.1 Å². The van der Waals surface area contributed by atoms with Gasteiger partial charge in [-0.25, -0.2) is 4.79 Å². The molecule has 9 heteroatoms. The fourth-order valence-electron chi connectivity index (χ4n) is 2.84. The van der Waals surface area contributed by atoms with E-state index in [1.807, 2.05) is 6.07 Å². The molecular formula is C25H17Cl3N2O4. The minimum absolute atomic E-state index is 0.127. The lowest BCUT2D eigenvalue weighted by atomic mass is 10.1. The first-order chi connectivity index (χ1) is 16.3. The number of halogens is 3. The molecule has 0 fully saturated rings. The van der Waals surface area contributed by atoms with Gasteiger partial charge in [-0.1, -0.05) is 46.9 Å². The van der Waals surface area contributed by atoms with Crippen LogP contribution >= 0.6 is 34.8 Å². The maximum atomic E-state index is 12.5. The van der Waals surface area contributed by atoms with Crippen LogP contribution < -0.4 is 10.1 Å². The molecular weight excluding hydrogens is 499 g/mol. The molecule has 1 amide bonds. The van der Waals surface area contributed by atoms with Gasteiger partial charge in [0, 0.05) is 5.69 Å². The van der Waals surface area contributed by atoms with Gasteiger partial charge in [0.1, 0.15) is 24.0 Å². The summed E-state index contributed by atoms with van der Waals surface area (Å²) in [6.45, 7) is 0.229. The summed E-state index contributed by atoms with van der Waals surface area (Å²) in [5, 5.41) is 13.2. The third kappa shape index (κ3) is 6.52. The van der Waals surface area contributed by atoms with Crippen LogP contribution in [0.5, 0.6) is 5.75 Å². The number of amides is 1. The summed E-state index contributed by atoms with van der Waals surface area (Å²) in [5.74, 6) is -0.667. The van der Waals surface area contributed by atoms with Crippen LogP contribution in [0.4, 0.5) is 5.69 Å². The number of nitrogens with one attached hydrogen (secondary N) is 1. The zero-order chi connectivity index (χ0) is 24.7. The number of anilines is 1. The van der Waals surface area contributed by atoms with Crippen molar-refractivity contribution in [1.29, 1.82) is 5.26 Å². The number of hydrogen-bond acceptors (Lipinski definition) is 5. The standard InChI is InChI=1S/C25H17Cl3N2O4/c1-33-25(32)17-4-6-19(7-5-17)30-24(31)18(13-29)10-15-3-9-23(22(28)11-15)34-14-16-2-8-20(26)21(27)12-16/h2-12H,14H2,1H3,(H,30,31)/b18-10+. The third-order valence-electron chi connectivity index (χ3n) is 4.57. The van der Waals surface area contributed by atoms with Gasteiger partial charge in [-0.2, -0.15) is 5.26 Å². The molecule has 0 bridgehead atoms. The lowest BCUT2D eigenvalue weighted by Crippen LogP contribution is -2.13. The van der Waals surface area contributed by atoms with E-state index in [1.165, 1.54) is 37.5 Å². The highest BCUT2D eigenvalue weighted by molar-refractivity contribution is 6.42. The maximum Gasteiger partial charge on any atom is 0.337 e. The molecule has 0 atom stereocenters. The van der Waals surface area contributed by atoms with E-state index in [-0.39, 0.29) is 12.2 Å². The third-order valence-corrected chi connectivity index (χ3v) is 5.61. The second-order valence-corrected chi connectivity index (χ2v) is 8.14. The fraction of sp³-hybridized carbons (Fsp3) is 0.0800. The van der Waals surface area contributed by atoms with Gasteiger partial charge in [-0.15, -0.1) is 0 Å². The highest BCUT2D eigenvalue weighted by Crippen LogP contribution is 2.28.